The van der Waals surface area contributed by atoms with Crippen LogP contribution in [0.25, 0.3) is 20.4 Å². The van der Waals surface area contributed by atoms with Gasteiger partial charge in [-0.1, -0.05) is 34.3 Å². The summed E-state index contributed by atoms with van der Waals surface area (Å²) in [4.78, 5) is 33.1. The van der Waals surface area contributed by atoms with Crippen molar-refractivity contribution in [3.63, 3.8) is 0 Å². The number of aromatic nitrogens is 2. The third-order valence-electron chi connectivity index (χ3n) is 3.97. The van der Waals surface area contributed by atoms with E-state index in [4.69, 9.17) is 11.6 Å². The average Bonchev–Trinajstić information content (AvgIpc) is 3.19. The molecule has 29 heavy (non-hydrogen) atoms. The number of nitriles is 1. The summed E-state index contributed by atoms with van der Waals surface area (Å²) in [6.07, 6.45) is 0. The Balaban J connectivity index is 2.32. The van der Waals surface area contributed by atoms with Gasteiger partial charge in [0.25, 0.3) is 0 Å². The molecule has 152 valence electrons. The number of anilines is 2. The molecule has 2 aromatic heterocycles. The third kappa shape index (κ3) is 3.54. The van der Waals surface area contributed by atoms with E-state index < -0.39 is 0 Å². The van der Waals surface area contributed by atoms with Crippen molar-refractivity contribution >= 4 is 76.8 Å². The first-order chi connectivity index (χ1) is 13.6. The number of hydrogen-bond donors (Lipinski definition) is 0. The Morgan fingerprint density at radius 3 is 1.55 bits per heavy atom. The van der Waals surface area contributed by atoms with Gasteiger partial charge in [0.15, 0.2) is 0 Å². The van der Waals surface area contributed by atoms with Crippen molar-refractivity contribution in [2.24, 2.45) is 0 Å². The summed E-state index contributed by atoms with van der Waals surface area (Å²) >= 11 is 9.01. The van der Waals surface area contributed by atoms with Crippen LogP contribution in [0, 0.1) is 11.3 Å². The van der Waals surface area contributed by atoms with Crippen LogP contribution in [0.5, 0.6) is 0 Å². The number of nitrogens with zero attached hydrogens (tertiary/aromatic N) is 7. The lowest BCUT2D eigenvalue weighted by Crippen LogP contribution is -2.40. The summed E-state index contributed by atoms with van der Waals surface area (Å²) < 4.78 is 1.14. The molecule has 0 aliphatic heterocycles. The Bertz CT molecular complexity index is 1100. The van der Waals surface area contributed by atoms with Crippen LogP contribution >= 0.6 is 34.3 Å². The zero-order chi connectivity index (χ0) is 21.6. The fourth-order valence-corrected chi connectivity index (χ4v) is 5.76. The van der Waals surface area contributed by atoms with E-state index in [1.165, 1.54) is 46.5 Å². The van der Waals surface area contributed by atoms with Crippen molar-refractivity contribution in [2.45, 2.75) is 13.8 Å². The maximum Gasteiger partial charge on any atom is 0.240 e. The summed E-state index contributed by atoms with van der Waals surface area (Å²) in [5, 5.41) is 17.0. The average molecular weight is 452 g/mol. The van der Waals surface area contributed by atoms with E-state index in [9.17, 15) is 14.9 Å². The maximum atomic E-state index is 12.0. The Hall–Kier alpha value is -2.36. The molecule has 0 saturated heterocycles. The Morgan fingerprint density at radius 2 is 1.28 bits per heavy atom. The predicted molar refractivity (Wildman–Crippen MR) is 116 cm³/mol. The first kappa shape index (κ1) is 21.4. The molecule has 2 heterocycles. The van der Waals surface area contributed by atoms with Crippen molar-refractivity contribution in [1.29, 1.82) is 5.26 Å². The SMILES string of the molecule is CC(=O)N(c1nc2c(Cl)c3nc(N(C(C)=O)N(C)C)sc3c(C#N)c2s1)N(C)C. The summed E-state index contributed by atoms with van der Waals surface area (Å²) in [5.41, 5.74) is 1.18. The van der Waals surface area contributed by atoms with Gasteiger partial charge in [0.2, 0.25) is 22.1 Å². The van der Waals surface area contributed by atoms with E-state index in [1.54, 1.807) is 38.2 Å². The van der Waals surface area contributed by atoms with Crippen LogP contribution < -0.4 is 10.0 Å². The maximum absolute atomic E-state index is 12.0. The Kier molecular flexibility index (Phi) is 5.75. The monoisotopic (exact) mass is 451 g/mol. The zero-order valence-electron chi connectivity index (χ0n) is 16.6. The van der Waals surface area contributed by atoms with Crippen molar-refractivity contribution in [1.82, 2.24) is 20.0 Å². The lowest BCUT2D eigenvalue weighted by Gasteiger charge is -2.24. The molecule has 0 aliphatic carbocycles. The lowest BCUT2D eigenvalue weighted by molar-refractivity contribution is -0.119. The van der Waals surface area contributed by atoms with Gasteiger partial charge >= 0.3 is 0 Å². The van der Waals surface area contributed by atoms with Crippen molar-refractivity contribution in [3.8, 4) is 6.07 Å². The van der Waals surface area contributed by atoms with Crippen LogP contribution in [-0.4, -0.2) is 60.0 Å². The van der Waals surface area contributed by atoms with Crippen LogP contribution in [0.2, 0.25) is 5.02 Å². The molecule has 2 amide bonds. The highest BCUT2D eigenvalue weighted by atomic mass is 35.5. The highest BCUT2D eigenvalue weighted by Crippen LogP contribution is 2.44. The molecule has 0 radical (unpaired) electrons. The largest absolute Gasteiger partial charge is 0.273 e. The third-order valence-corrected chi connectivity index (χ3v) is 6.43. The first-order valence-electron chi connectivity index (χ1n) is 8.37. The minimum Gasteiger partial charge on any atom is -0.273 e. The molecule has 0 aliphatic rings. The van der Waals surface area contributed by atoms with Crippen LogP contribution in [0.4, 0.5) is 10.3 Å². The molecule has 0 unspecified atom stereocenters. The molecule has 3 rings (SSSR count). The van der Waals surface area contributed by atoms with Crippen LogP contribution in [0.15, 0.2) is 0 Å². The number of hydrogen-bond acceptors (Lipinski definition) is 9. The number of rotatable bonds is 4. The standard InChI is InChI=1S/C17H18ClN7O2S2/c1-8(26)24(22(3)4)16-20-12-11(18)13-15(10(7-19)14(12)28-16)29-17(21-13)25(9(2)27)23(5)6/h1-6H3. The first-order valence-corrected chi connectivity index (χ1v) is 10.4. The molecule has 1 aromatic carbocycles. The summed E-state index contributed by atoms with van der Waals surface area (Å²) in [7, 11) is 6.91. The van der Waals surface area contributed by atoms with E-state index in [-0.39, 0.29) is 16.8 Å². The molecule has 0 N–H and O–H groups in total. The summed E-state index contributed by atoms with van der Waals surface area (Å²) in [5.74, 6) is -0.428. The summed E-state index contributed by atoms with van der Waals surface area (Å²) in [6.45, 7) is 2.87. The van der Waals surface area contributed by atoms with Gasteiger partial charge in [0, 0.05) is 42.0 Å². The second kappa shape index (κ2) is 7.81. The number of thiazole rings is 2. The van der Waals surface area contributed by atoms with Crippen LogP contribution in [-0.2, 0) is 9.59 Å². The molecule has 0 saturated carbocycles. The number of hydrazine groups is 2. The quantitative estimate of drug-likeness (QED) is 0.562. The van der Waals surface area contributed by atoms with Crippen LogP contribution in [0.3, 0.4) is 0 Å². The van der Waals surface area contributed by atoms with E-state index in [1.807, 2.05) is 0 Å². The molecule has 0 atom stereocenters. The van der Waals surface area contributed by atoms with Crippen LogP contribution in [0.1, 0.15) is 19.4 Å². The van der Waals surface area contributed by atoms with Gasteiger partial charge in [-0.2, -0.15) is 5.26 Å². The topological polar surface area (TPSA) is 96.7 Å². The number of benzene rings is 1. The number of carbonyl (C=O) groups excluding carboxylic acids is 2. The smallest absolute Gasteiger partial charge is 0.240 e. The second-order valence-corrected chi connectivity index (χ2v) is 8.84. The number of halogens is 1. The fraction of sp³-hybridized carbons (Fsp3) is 0.353. The molecule has 12 heteroatoms. The Morgan fingerprint density at radius 1 is 0.897 bits per heavy atom. The minimum absolute atomic E-state index is 0.214. The normalized spacial score (nSPS) is 11.4. The van der Waals surface area contributed by atoms with Gasteiger partial charge < -0.3 is 0 Å². The molecular formula is C17H18ClN7O2S2. The number of carbonyl (C=O) groups is 2. The highest BCUT2D eigenvalue weighted by Gasteiger charge is 2.27. The van der Waals surface area contributed by atoms with E-state index >= 15 is 0 Å². The number of fused-ring (bicyclic) bond motifs is 2. The predicted octanol–water partition coefficient (Wildman–Crippen LogP) is 3.09. The number of amides is 2. The molecule has 0 bridgehead atoms. The van der Waals surface area contributed by atoms with E-state index in [0.29, 0.717) is 36.3 Å². The fourth-order valence-electron chi connectivity index (χ4n) is 2.93. The summed E-state index contributed by atoms with van der Waals surface area (Å²) in [6, 6.07) is 2.21. The molecular weight excluding hydrogens is 434 g/mol. The molecule has 9 nitrogen and oxygen atoms in total. The van der Waals surface area contributed by atoms with E-state index in [0.717, 1.165) is 0 Å². The molecule has 3 aromatic rings. The Labute approximate surface area is 180 Å². The van der Waals surface area contributed by atoms with Gasteiger partial charge in [0.05, 0.1) is 20.0 Å². The molecule has 0 spiro atoms. The zero-order valence-corrected chi connectivity index (χ0v) is 19.0. The van der Waals surface area contributed by atoms with Crippen molar-refractivity contribution < 1.29 is 9.59 Å². The van der Waals surface area contributed by atoms with Gasteiger partial charge in [-0.3, -0.25) is 9.59 Å². The lowest BCUT2D eigenvalue weighted by atomic mass is 10.2. The minimum atomic E-state index is -0.214. The van der Waals surface area contributed by atoms with Crippen molar-refractivity contribution in [3.05, 3.63) is 10.6 Å². The van der Waals surface area contributed by atoms with Gasteiger partial charge in [0.1, 0.15) is 17.1 Å². The van der Waals surface area contributed by atoms with E-state index in [2.05, 4.69) is 16.0 Å². The second-order valence-electron chi connectivity index (χ2n) is 6.51. The van der Waals surface area contributed by atoms with Gasteiger partial charge in [-0.15, -0.1) is 0 Å². The molecule has 0 fully saturated rings. The van der Waals surface area contributed by atoms with Gasteiger partial charge in [-0.25, -0.2) is 30.0 Å². The van der Waals surface area contributed by atoms with Crippen molar-refractivity contribution in [2.75, 3.05) is 38.2 Å². The highest BCUT2D eigenvalue weighted by molar-refractivity contribution is 7.25. The van der Waals surface area contributed by atoms with Gasteiger partial charge in [-0.05, 0) is 0 Å².